The zero-order chi connectivity index (χ0) is 8.97. The third kappa shape index (κ3) is 1.90. The van der Waals surface area contributed by atoms with Crippen LogP contribution in [0.5, 0.6) is 0 Å². The topological polar surface area (TPSA) is 32.3 Å². The van der Waals surface area contributed by atoms with E-state index in [9.17, 15) is 4.79 Å². The number of amides is 2. The van der Waals surface area contributed by atoms with Gasteiger partial charge in [0.2, 0.25) is 0 Å². The van der Waals surface area contributed by atoms with E-state index in [1.54, 1.807) is 0 Å². The van der Waals surface area contributed by atoms with Gasteiger partial charge in [-0.25, -0.2) is 4.79 Å². The molecule has 0 saturated carbocycles. The summed E-state index contributed by atoms with van der Waals surface area (Å²) >= 11 is 0. The molecule has 0 bridgehead atoms. The summed E-state index contributed by atoms with van der Waals surface area (Å²) in [6, 6.07) is 0.567. The van der Waals surface area contributed by atoms with Crippen molar-refractivity contribution in [3.63, 3.8) is 0 Å². The average Bonchev–Trinajstić information content (AvgIpc) is 2.37. The van der Waals surface area contributed by atoms with Crippen LogP contribution in [-0.4, -0.2) is 30.1 Å². The van der Waals surface area contributed by atoms with Crippen LogP contribution in [0.3, 0.4) is 0 Å². The minimum absolute atomic E-state index is 0.121. The Labute approximate surface area is 74.1 Å². The lowest BCUT2D eigenvalue weighted by molar-refractivity contribution is 0.201. The van der Waals surface area contributed by atoms with Crippen molar-refractivity contribution in [2.75, 3.05) is 13.1 Å². The van der Waals surface area contributed by atoms with E-state index in [-0.39, 0.29) is 6.03 Å². The van der Waals surface area contributed by atoms with Gasteiger partial charge in [-0.05, 0) is 12.8 Å². The highest BCUT2D eigenvalue weighted by molar-refractivity contribution is 5.76. The van der Waals surface area contributed by atoms with Crippen molar-refractivity contribution >= 4 is 6.03 Å². The van der Waals surface area contributed by atoms with Gasteiger partial charge in [0.25, 0.3) is 0 Å². The van der Waals surface area contributed by atoms with E-state index in [1.807, 2.05) is 4.90 Å². The maximum absolute atomic E-state index is 11.3. The van der Waals surface area contributed by atoms with Crippen LogP contribution in [0.15, 0.2) is 0 Å². The molecule has 0 aromatic carbocycles. The van der Waals surface area contributed by atoms with E-state index in [2.05, 4.69) is 19.2 Å². The Bertz CT molecular complexity index is 159. The van der Waals surface area contributed by atoms with Crippen LogP contribution in [0.25, 0.3) is 0 Å². The summed E-state index contributed by atoms with van der Waals surface area (Å²) in [7, 11) is 0. The summed E-state index contributed by atoms with van der Waals surface area (Å²) < 4.78 is 0. The highest BCUT2D eigenvalue weighted by Crippen LogP contribution is 2.12. The van der Waals surface area contributed by atoms with E-state index in [0.29, 0.717) is 6.04 Å². The molecule has 1 heterocycles. The standard InChI is InChI=1S/C9H18N2O/c1-3-5-8-7-10-9(12)11(8)6-4-2/h8H,3-7H2,1-2H3,(H,10,12). The smallest absolute Gasteiger partial charge is 0.317 e. The lowest BCUT2D eigenvalue weighted by Crippen LogP contribution is -2.34. The Morgan fingerprint density at radius 3 is 2.83 bits per heavy atom. The molecular weight excluding hydrogens is 152 g/mol. The summed E-state index contributed by atoms with van der Waals surface area (Å²) in [6.45, 7) is 6.00. The Morgan fingerprint density at radius 2 is 2.25 bits per heavy atom. The Balaban J connectivity index is 2.45. The molecule has 1 aliphatic heterocycles. The van der Waals surface area contributed by atoms with Gasteiger partial charge in [0.1, 0.15) is 0 Å². The molecule has 1 unspecified atom stereocenters. The highest BCUT2D eigenvalue weighted by Gasteiger charge is 2.28. The molecule has 0 spiro atoms. The van der Waals surface area contributed by atoms with Gasteiger partial charge in [-0.15, -0.1) is 0 Å². The largest absolute Gasteiger partial charge is 0.336 e. The fourth-order valence-electron chi connectivity index (χ4n) is 1.70. The quantitative estimate of drug-likeness (QED) is 0.682. The molecule has 12 heavy (non-hydrogen) atoms. The summed E-state index contributed by atoms with van der Waals surface area (Å²) in [5.74, 6) is 0. The second-order valence-electron chi connectivity index (χ2n) is 3.32. The van der Waals surface area contributed by atoms with Gasteiger partial charge in [-0.2, -0.15) is 0 Å². The monoisotopic (exact) mass is 170 g/mol. The minimum atomic E-state index is 0.121. The van der Waals surface area contributed by atoms with Crippen molar-refractivity contribution in [1.82, 2.24) is 10.2 Å². The zero-order valence-electron chi connectivity index (χ0n) is 7.97. The second-order valence-corrected chi connectivity index (χ2v) is 3.32. The number of nitrogens with zero attached hydrogens (tertiary/aromatic N) is 1. The van der Waals surface area contributed by atoms with Crippen molar-refractivity contribution in [3.8, 4) is 0 Å². The van der Waals surface area contributed by atoms with Crippen molar-refractivity contribution in [2.45, 2.75) is 39.2 Å². The molecule has 3 nitrogen and oxygen atoms in total. The fourth-order valence-corrected chi connectivity index (χ4v) is 1.70. The maximum atomic E-state index is 11.3. The van der Waals surface area contributed by atoms with Gasteiger partial charge in [0, 0.05) is 13.1 Å². The van der Waals surface area contributed by atoms with Gasteiger partial charge in [-0.3, -0.25) is 0 Å². The van der Waals surface area contributed by atoms with Crippen molar-refractivity contribution in [2.24, 2.45) is 0 Å². The number of hydrogen-bond acceptors (Lipinski definition) is 1. The molecule has 3 heteroatoms. The van der Waals surface area contributed by atoms with Gasteiger partial charge in [0.15, 0.2) is 0 Å². The van der Waals surface area contributed by atoms with E-state index < -0.39 is 0 Å². The van der Waals surface area contributed by atoms with Crippen LogP contribution in [0, 0.1) is 0 Å². The average molecular weight is 170 g/mol. The molecular formula is C9H18N2O. The Hall–Kier alpha value is -0.730. The number of nitrogens with one attached hydrogen (secondary N) is 1. The maximum Gasteiger partial charge on any atom is 0.317 e. The molecule has 1 N–H and O–H groups in total. The van der Waals surface area contributed by atoms with Gasteiger partial charge < -0.3 is 10.2 Å². The molecule has 0 radical (unpaired) electrons. The summed E-state index contributed by atoms with van der Waals surface area (Å²) in [6.07, 6.45) is 3.33. The van der Waals surface area contributed by atoms with E-state index in [0.717, 1.165) is 32.4 Å². The molecule has 1 fully saturated rings. The Kier molecular flexibility index (Phi) is 3.38. The molecule has 2 amide bonds. The number of rotatable bonds is 4. The summed E-state index contributed by atoms with van der Waals surface area (Å²) in [5.41, 5.74) is 0. The SMILES string of the molecule is CCCC1CNC(=O)N1CCC. The second kappa shape index (κ2) is 4.33. The van der Waals surface area contributed by atoms with E-state index in [1.165, 1.54) is 0 Å². The van der Waals surface area contributed by atoms with E-state index in [4.69, 9.17) is 0 Å². The molecule has 1 saturated heterocycles. The first-order chi connectivity index (χ1) is 5.79. The molecule has 1 aliphatic rings. The van der Waals surface area contributed by atoms with Crippen LogP contribution in [0.1, 0.15) is 33.1 Å². The fraction of sp³-hybridized carbons (Fsp3) is 0.889. The lowest BCUT2D eigenvalue weighted by atomic mass is 10.1. The normalized spacial score (nSPS) is 23.0. The predicted molar refractivity (Wildman–Crippen MR) is 49.1 cm³/mol. The first kappa shape index (κ1) is 9.36. The first-order valence-electron chi connectivity index (χ1n) is 4.84. The van der Waals surface area contributed by atoms with Crippen LogP contribution in [0.4, 0.5) is 4.79 Å². The summed E-state index contributed by atoms with van der Waals surface area (Å²) in [4.78, 5) is 13.2. The van der Waals surface area contributed by atoms with Crippen molar-refractivity contribution in [3.05, 3.63) is 0 Å². The predicted octanol–water partition coefficient (Wildman–Crippen LogP) is 1.59. The molecule has 0 aromatic rings. The molecule has 0 aliphatic carbocycles. The molecule has 1 rings (SSSR count). The number of carbonyl (C=O) groups excluding carboxylic acids is 1. The third-order valence-corrected chi connectivity index (χ3v) is 2.28. The third-order valence-electron chi connectivity index (χ3n) is 2.28. The number of carbonyl (C=O) groups is 1. The highest BCUT2D eigenvalue weighted by atomic mass is 16.2. The van der Waals surface area contributed by atoms with Crippen molar-refractivity contribution < 1.29 is 4.79 Å². The van der Waals surface area contributed by atoms with E-state index >= 15 is 0 Å². The minimum Gasteiger partial charge on any atom is -0.336 e. The zero-order valence-corrected chi connectivity index (χ0v) is 7.97. The molecule has 70 valence electrons. The van der Waals surface area contributed by atoms with Gasteiger partial charge in [-0.1, -0.05) is 20.3 Å². The van der Waals surface area contributed by atoms with Gasteiger partial charge in [0.05, 0.1) is 6.04 Å². The van der Waals surface area contributed by atoms with Crippen LogP contribution >= 0.6 is 0 Å². The first-order valence-corrected chi connectivity index (χ1v) is 4.84. The van der Waals surface area contributed by atoms with Crippen LogP contribution < -0.4 is 5.32 Å². The van der Waals surface area contributed by atoms with Crippen LogP contribution in [0.2, 0.25) is 0 Å². The molecule has 0 aromatic heterocycles. The van der Waals surface area contributed by atoms with Crippen LogP contribution in [-0.2, 0) is 0 Å². The van der Waals surface area contributed by atoms with Crippen molar-refractivity contribution in [1.29, 1.82) is 0 Å². The number of urea groups is 1. The lowest BCUT2D eigenvalue weighted by Gasteiger charge is -2.21. The molecule has 1 atom stereocenters. The van der Waals surface area contributed by atoms with Gasteiger partial charge >= 0.3 is 6.03 Å². The number of hydrogen-bond donors (Lipinski definition) is 1. The Morgan fingerprint density at radius 1 is 1.50 bits per heavy atom. The summed E-state index contributed by atoms with van der Waals surface area (Å²) in [5, 5.41) is 2.88.